The molecule has 0 amide bonds. The molecule has 0 aromatic heterocycles. The van der Waals surface area contributed by atoms with Gasteiger partial charge in [-0.3, -0.25) is 9.59 Å². The zero-order chi connectivity index (χ0) is 12.7. The zero-order valence-electron chi connectivity index (χ0n) is 10.8. The number of Topliss-reactive ketones (excluding diaryl/α,β-unsaturated/α-hetero) is 1. The van der Waals surface area contributed by atoms with Gasteiger partial charge in [-0.2, -0.15) is 0 Å². The third-order valence-electron chi connectivity index (χ3n) is 3.28. The smallest absolute Gasteiger partial charge is 0.306 e. The van der Waals surface area contributed by atoms with E-state index < -0.39 is 0 Å². The predicted molar refractivity (Wildman–Crippen MR) is 66.5 cm³/mol. The molecule has 0 aliphatic heterocycles. The number of rotatable bonds is 5. The van der Waals surface area contributed by atoms with Crippen molar-refractivity contribution >= 4 is 11.8 Å². The molecule has 17 heavy (non-hydrogen) atoms. The average Bonchev–Trinajstić information content (AvgIpc) is 2.30. The Labute approximate surface area is 103 Å². The molecule has 0 heterocycles. The Kier molecular flexibility index (Phi) is 5.95. The van der Waals surface area contributed by atoms with Crippen LogP contribution in [0.3, 0.4) is 0 Å². The van der Waals surface area contributed by atoms with Gasteiger partial charge in [-0.05, 0) is 33.1 Å². The standard InChI is InChI=1S/C14H22O3/c1-3-5-7-11-8-6-9-12(14(11)16)10-13(15)17-4-2/h3,5,11-12H,4,6-10H2,1-2H3. The fraction of sp³-hybridized carbons (Fsp3) is 0.714. The van der Waals surface area contributed by atoms with Crippen molar-refractivity contribution in [2.75, 3.05) is 6.61 Å². The van der Waals surface area contributed by atoms with Gasteiger partial charge in [0.1, 0.15) is 5.78 Å². The topological polar surface area (TPSA) is 43.4 Å². The van der Waals surface area contributed by atoms with Crippen LogP contribution in [-0.2, 0) is 14.3 Å². The Morgan fingerprint density at radius 2 is 2.12 bits per heavy atom. The monoisotopic (exact) mass is 238 g/mol. The summed E-state index contributed by atoms with van der Waals surface area (Å²) in [6.07, 6.45) is 7.93. The second-order valence-electron chi connectivity index (χ2n) is 4.54. The highest BCUT2D eigenvalue weighted by atomic mass is 16.5. The molecular formula is C14H22O3. The molecule has 1 aliphatic rings. The first-order valence-corrected chi connectivity index (χ1v) is 6.49. The lowest BCUT2D eigenvalue weighted by Gasteiger charge is -2.26. The molecule has 0 bridgehead atoms. The molecule has 3 heteroatoms. The van der Waals surface area contributed by atoms with Crippen LogP contribution in [0.1, 0.15) is 46.0 Å². The van der Waals surface area contributed by atoms with E-state index in [4.69, 9.17) is 4.74 Å². The average molecular weight is 238 g/mol. The third-order valence-corrected chi connectivity index (χ3v) is 3.28. The Morgan fingerprint density at radius 1 is 1.41 bits per heavy atom. The van der Waals surface area contributed by atoms with Crippen molar-refractivity contribution in [1.82, 2.24) is 0 Å². The van der Waals surface area contributed by atoms with Crippen molar-refractivity contribution in [2.24, 2.45) is 11.8 Å². The number of carbonyl (C=O) groups is 2. The summed E-state index contributed by atoms with van der Waals surface area (Å²) in [6, 6.07) is 0. The molecule has 0 spiro atoms. The molecule has 1 rings (SSSR count). The maximum atomic E-state index is 12.1. The molecule has 0 aromatic rings. The van der Waals surface area contributed by atoms with Gasteiger partial charge < -0.3 is 4.74 Å². The van der Waals surface area contributed by atoms with Crippen LogP contribution in [0.15, 0.2) is 12.2 Å². The van der Waals surface area contributed by atoms with Crippen LogP contribution in [0, 0.1) is 11.8 Å². The normalized spacial score (nSPS) is 25.2. The molecule has 0 radical (unpaired) electrons. The van der Waals surface area contributed by atoms with Gasteiger partial charge in [-0.25, -0.2) is 0 Å². The summed E-state index contributed by atoms with van der Waals surface area (Å²) < 4.78 is 4.90. The molecule has 1 aliphatic carbocycles. The van der Waals surface area contributed by atoms with Crippen molar-refractivity contribution in [3.8, 4) is 0 Å². The minimum atomic E-state index is -0.238. The van der Waals surface area contributed by atoms with E-state index in [-0.39, 0.29) is 30.0 Å². The lowest BCUT2D eigenvalue weighted by molar-refractivity contribution is -0.147. The summed E-state index contributed by atoms with van der Waals surface area (Å²) in [5, 5.41) is 0. The summed E-state index contributed by atoms with van der Waals surface area (Å²) in [5.74, 6) is 0.0115. The molecule has 2 unspecified atom stereocenters. The molecule has 0 saturated heterocycles. The summed E-state index contributed by atoms with van der Waals surface area (Å²) in [4.78, 5) is 23.5. The van der Waals surface area contributed by atoms with Crippen LogP contribution in [0.4, 0.5) is 0 Å². The highest BCUT2D eigenvalue weighted by Gasteiger charge is 2.31. The minimum absolute atomic E-state index is 0.111. The lowest BCUT2D eigenvalue weighted by Crippen LogP contribution is -2.30. The Bertz CT molecular complexity index is 294. The Balaban J connectivity index is 2.49. The first-order chi connectivity index (χ1) is 8.19. The number of ketones is 1. The largest absolute Gasteiger partial charge is 0.466 e. The van der Waals surface area contributed by atoms with Gasteiger partial charge in [0, 0.05) is 11.8 Å². The Hall–Kier alpha value is -1.12. The summed E-state index contributed by atoms with van der Waals surface area (Å²) in [7, 11) is 0. The summed E-state index contributed by atoms with van der Waals surface area (Å²) >= 11 is 0. The summed E-state index contributed by atoms with van der Waals surface area (Å²) in [5.41, 5.74) is 0. The van der Waals surface area contributed by atoms with E-state index in [1.807, 2.05) is 19.1 Å². The molecule has 0 aromatic carbocycles. The molecule has 2 atom stereocenters. The van der Waals surface area contributed by atoms with E-state index in [0.29, 0.717) is 6.61 Å². The van der Waals surface area contributed by atoms with Crippen molar-refractivity contribution in [2.45, 2.75) is 46.0 Å². The SMILES string of the molecule is CC=CCC1CCCC(CC(=O)OCC)C1=O. The molecule has 96 valence electrons. The van der Waals surface area contributed by atoms with Crippen LogP contribution in [0.2, 0.25) is 0 Å². The maximum Gasteiger partial charge on any atom is 0.306 e. The molecular weight excluding hydrogens is 216 g/mol. The highest BCUT2D eigenvalue weighted by molar-refractivity contribution is 5.87. The number of esters is 1. The van der Waals surface area contributed by atoms with Crippen LogP contribution in [-0.4, -0.2) is 18.4 Å². The van der Waals surface area contributed by atoms with Crippen molar-refractivity contribution < 1.29 is 14.3 Å². The van der Waals surface area contributed by atoms with Crippen LogP contribution < -0.4 is 0 Å². The van der Waals surface area contributed by atoms with E-state index in [2.05, 4.69) is 0 Å². The second-order valence-corrected chi connectivity index (χ2v) is 4.54. The van der Waals surface area contributed by atoms with Crippen molar-refractivity contribution in [3.63, 3.8) is 0 Å². The van der Waals surface area contributed by atoms with E-state index >= 15 is 0 Å². The lowest BCUT2D eigenvalue weighted by atomic mass is 9.77. The van der Waals surface area contributed by atoms with Gasteiger partial charge in [-0.15, -0.1) is 0 Å². The zero-order valence-corrected chi connectivity index (χ0v) is 10.8. The maximum absolute atomic E-state index is 12.1. The van der Waals surface area contributed by atoms with Gasteiger partial charge in [0.25, 0.3) is 0 Å². The predicted octanol–water partition coefficient (Wildman–Crippen LogP) is 2.89. The number of hydrogen-bond donors (Lipinski definition) is 0. The molecule has 0 N–H and O–H groups in total. The number of carbonyl (C=O) groups excluding carboxylic acids is 2. The quantitative estimate of drug-likeness (QED) is 0.546. The second kappa shape index (κ2) is 7.25. The van der Waals surface area contributed by atoms with Crippen molar-refractivity contribution in [3.05, 3.63) is 12.2 Å². The molecule has 3 nitrogen and oxygen atoms in total. The van der Waals surface area contributed by atoms with E-state index in [0.717, 1.165) is 25.7 Å². The minimum Gasteiger partial charge on any atom is -0.466 e. The van der Waals surface area contributed by atoms with Crippen LogP contribution in [0.5, 0.6) is 0 Å². The van der Waals surface area contributed by atoms with Gasteiger partial charge in [0.2, 0.25) is 0 Å². The fourth-order valence-electron chi connectivity index (χ4n) is 2.39. The number of allylic oxidation sites excluding steroid dienone is 2. The van der Waals surface area contributed by atoms with Gasteiger partial charge in [0.15, 0.2) is 0 Å². The van der Waals surface area contributed by atoms with E-state index in [1.54, 1.807) is 6.92 Å². The fourth-order valence-corrected chi connectivity index (χ4v) is 2.39. The van der Waals surface area contributed by atoms with Crippen molar-refractivity contribution in [1.29, 1.82) is 0 Å². The number of ether oxygens (including phenoxy) is 1. The van der Waals surface area contributed by atoms with Gasteiger partial charge in [0.05, 0.1) is 13.0 Å². The summed E-state index contributed by atoms with van der Waals surface area (Å²) in [6.45, 7) is 4.14. The first-order valence-electron chi connectivity index (χ1n) is 6.49. The molecule has 1 saturated carbocycles. The third kappa shape index (κ3) is 4.33. The highest BCUT2D eigenvalue weighted by Crippen LogP contribution is 2.30. The van der Waals surface area contributed by atoms with Crippen LogP contribution >= 0.6 is 0 Å². The number of hydrogen-bond acceptors (Lipinski definition) is 3. The first kappa shape index (κ1) is 13.9. The Morgan fingerprint density at radius 3 is 2.76 bits per heavy atom. The van der Waals surface area contributed by atoms with Crippen LogP contribution in [0.25, 0.3) is 0 Å². The van der Waals surface area contributed by atoms with Gasteiger partial charge >= 0.3 is 5.97 Å². The van der Waals surface area contributed by atoms with E-state index in [1.165, 1.54) is 0 Å². The molecule has 1 fully saturated rings. The van der Waals surface area contributed by atoms with E-state index in [9.17, 15) is 9.59 Å². The van der Waals surface area contributed by atoms with Gasteiger partial charge in [-0.1, -0.05) is 18.6 Å².